The molecule has 24 heavy (non-hydrogen) atoms. The molecule has 0 radical (unpaired) electrons. The maximum Gasteiger partial charge on any atom is 0.104 e. The second-order valence-electron chi connectivity index (χ2n) is 5.77. The Labute approximate surface area is 141 Å². The number of aliphatic hydroxyl groups excluding tert-OH is 2. The topological polar surface area (TPSA) is 92.5 Å². The molecule has 3 rings (SSSR count). The van der Waals surface area contributed by atoms with Crippen molar-refractivity contribution < 1.29 is 10.2 Å². The lowest BCUT2D eigenvalue weighted by molar-refractivity contribution is 0.197. The molecular formula is C20H20N2O2. The lowest BCUT2D eigenvalue weighted by atomic mass is 9.91. The molecule has 0 aliphatic carbocycles. The highest BCUT2D eigenvalue weighted by Gasteiger charge is 2.20. The maximum absolute atomic E-state index is 10.7. The molecule has 0 spiro atoms. The van der Waals surface area contributed by atoms with Crippen LogP contribution in [0.3, 0.4) is 0 Å². The Balaban J connectivity index is 1.98. The number of rotatable bonds is 4. The number of nitrogen functional groups attached to an aromatic ring is 2. The molecule has 0 fully saturated rings. The van der Waals surface area contributed by atoms with Crippen LogP contribution in [0.15, 0.2) is 72.8 Å². The minimum absolute atomic E-state index is 0.640. The van der Waals surface area contributed by atoms with Crippen LogP contribution >= 0.6 is 0 Å². The van der Waals surface area contributed by atoms with Crippen molar-refractivity contribution in [3.05, 3.63) is 95.1 Å². The van der Waals surface area contributed by atoms with Gasteiger partial charge in [-0.2, -0.15) is 0 Å². The van der Waals surface area contributed by atoms with Crippen LogP contribution in [0.1, 0.15) is 34.5 Å². The van der Waals surface area contributed by atoms with E-state index in [1.54, 1.807) is 48.5 Å². The van der Waals surface area contributed by atoms with Crippen molar-refractivity contribution in [3.63, 3.8) is 0 Å². The zero-order valence-electron chi connectivity index (χ0n) is 13.1. The molecule has 4 nitrogen and oxygen atoms in total. The van der Waals surface area contributed by atoms with Gasteiger partial charge in [-0.3, -0.25) is 0 Å². The molecule has 0 heterocycles. The first-order chi connectivity index (χ1) is 11.6. The van der Waals surface area contributed by atoms with E-state index in [0.29, 0.717) is 22.5 Å². The lowest BCUT2D eigenvalue weighted by Gasteiger charge is -2.20. The van der Waals surface area contributed by atoms with Crippen LogP contribution in [-0.2, 0) is 0 Å². The Morgan fingerprint density at radius 2 is 0.875 bits per heavy atom. The summed E-state index contributed by atoms with van der Waals surface area (Å²) in [6, 6.07) is 21.4. The first-order valence-electron chi connectivity index (χ1n) is 7.72. The van der Waals surface area contributed by atoms with Gasteiger partial charge in [0.25, 0.3) is 0 Å². The average Bonchev–Trinajstić information content (AvgIpc) is 2.62. The van der Waals surface area contributed by atoms with E-state index < -0.39 is 12.2 Å². The second kappa shape index (κ2) is 6.74. The third-order valence-electron chi connectivity index (χ3n) is 4.09. The first-order valence-corrected chi connectivity index (χ1v) is 7.72. The highest BCUT2D eigenvalue weighted by Crippen LogP contribution is 2.32. The largest absolute Gasteiger partial charge is 0.399 e. The van der Waals surface area contributed by atoms with E-state index in [-0.39, 0.29) is 0 Å². The van der Waals surface area contributed by atoms with Crippen LogP contribution < -0.4 is 11.5 Å². The van der Waals surface area contributed by atoms with Gasteiger partial charge in [-0.1, -0.05) is 48.5 Å². The molecule has 2 atom stereocenters. The Morgan fingerprint density at radius 3 is 1.21 bits per heavy atom. The van der Waals surface area contributed by atoms with Crippen molar-refractivity contribution in [2.24, 2.45) is 0 Å². The van der Waals surface area contributed by atoms with Crippen LogP contribution in [0.5, 0.6) is 0 Å². The van der Waals surface area contributed by atoms with Crippen LogP contribution in [0.2, 0.25) is 0 Å². The van der Waals surface area contributed by atoms with Gasteiger partial charge in [0.05, 0.1) is 0 Å². The summed E-state index contributed by atoms with van der Waals surface area (Å²) in [5.41, 5.74) is 15.4. The normalized spacial score (nSPS) is 13.4. The molecule has 0 saturated carbocycles. The Bertz CT molecular complexity index is 743. The first kappa shape index (κ1) is 16.1. The van der Waals surface area contributed by atoms with Crippen molar-refractivity contribution in [1.82, 2.24) is 0 Å². The predicted octanol–water partition coefficient (Wildman–Crippen LogP) is 3.01. The molecule has 0 amide bonds. The van der Waals surface area contributed by atoms with Gasteiger partial charge in [0.2, 0.25) is 0 Å². The molecule has 0 aliphatic heterocycles. The summed E-state index contributed by atoms with van der Waals surface area (Å²) in [6.45, 7) is 0. The molecule has 0 aliphatic rings. The average molecular weight is 320 g/mol. The van der Waals surface area contributed by atoms with E-state index in [1.165, 1.54) is 0 Å². The van der Waals surface area contributed by atoms with E-state index >= 15 is 0 Å². The van der Waals surface area contributed by atoms with Crippen LogP contribution in [0.4, 0.5) is 11.4 Å². The smallest absolute Gasteiger partial charge is 0.104 e. The summed E-state index contributed by atoms with van der Waals surface area (Å²) in [7, 11) is 0. The van der Waals surface area contributed by atoms with Crippen LogP contribution in [-0.4, -0.2) is 10.2 Å². The minimum atomic E-state index is -0.842. The van der Waals surface area contributed by atoms with Gasteiger partial charge in [-0.05, 0) is 46.5 Å². The predicted molar refractivity (Wildman–Crippen MR) is 96.3 cm³/mol. The number of hydrogen-bond acceptors (Lipinski definition) is 4. The summed E-state index contributed by atoms with van der Waals surface area (Å²) >= 11 is 0. The summed E-state index contributed by atoms with van der Waals surface area (Å²) < 4.78 is 0. The van der Waals surface area contributed by atoms with E-state index in [4.69, 9.17) is 11.5 Å². The minimum Gasteiger partial charge on any atom is -0.399 e. The van der Waals surface area contributed by atoms with E-state index in [2.05, 4.69) is 0 Å². The summed E-state index contributed by atoms with van der Waals surface area (Å²) in [5.74, 6) is 0. The van der Waals surface area contributed by atoms with Gasteiger partial charge in [0, 0.05) is 11.4 Å². The van der Waals surface area contributed by atoms with Gasteiger partial charge in [-0.25, -0.2) is 0 Å². The summed E-state index contributed by atoms with van der Waals surface area (Å²) in [4.78, 5) is 0. The van der Waals surface area contributed by atoms with Crippen LogP contribution in [0, 0.1) is 0 Å². The Kier molecular flexibility index (Phi) is 4.51. The van der Waals surface area contributed by atoms with Gasteiger partial charge in [0.15, 0.2) is 0 Å². The lowest BCUT2D eigenvalue weighted by Crippen LogP contribution is -2.09. The van der Waals surface area contributed by atoms with Crippen molar-refractivity contribution in [1.29, 1.82) is 0 Å². The SMILES string of the molecule is Nc1ccc(C(O)c2ccccc2C(O)c2ccc(N)cc2)cc1. The Morgan fingerprint density at radius 1 is 0.542 bits per heavy atom. The third kappa shape index (κ3) is 3.25. The summed E-state index contributed by atoms with van der Waals surface area (Å²) in [6.07, 6.45) is -1.68. The molecule has 0 bridgehead atoms. The molecule has 2 unspecified atom stereocenters. The molecule has 0 saturated heterocycles. The number of anilines is 2. The standard InChI is InChI=1S/C20H20N2O2/c21-15-9-5-13(6-10-15)19(23)17-3-1-2-4-18(17)20(24)14-7-11-16(22)12-8-14/h1-12,19-20,23-24H,21-22H2. The van der Waals surface area contributed by atoms with Crippen molar-refractivity contribution >= 4 is 11.4 Å². The van der Waals surface area contributed by atoms with E-state index in [0.717, 1.165) is 11.1 Å². The second-order valence-corrected chi connectivity index (χ2v) is 5.77. The van der Waals surface area contributed by atoms with E-state index in [9.17, 15) is 10.2 Å². The zero-order valence-corrected chi connectivity index (χ0v) is 13.1. The summed E-state index contributed by atoms with van der Waals surface area (Å²) in [5, 5.41) is 21.5. The third-order valence-corrected chi connectivity index (χ3v) is 4.09. The van der Waals surface area contributed by atoms with Gasteiger partial charge in [-0.15, -0.1) is 0 Å². The van der Waals surface area contributed by atoms with Crippen LogP contribution in [0.25, 0.3) is 0 Å². The number of benzene rings is 3. The molecule has 6 N–H and O–H groups in total. The highest BCUT2D eigenvalue weighted by molar-refractivity contribution is 5.46. The molecule has 0 aromatic heterocycles. The Hall–Kier alpha value is -2.82. The van der Waals surface area contributed by atoms with Gasteiger partial charge < -0.3 is 21.7 Å². The molecule has 122 valence electrons. The van der Waals surface area contributed by atoms with Crippen molar-refractivity contribution in [2.45, 2.75) is 12.2 Å². The fourth-order valence-corrected chi connectivity index (χ4v) is 2.72. The number of aliphatic hydroxyl groups is 2. The van der Waals surface area contributed by atoms with E-state index in [1.807, 2.05) is 24.3 Å². The maximum atomic E-state index is 10.7. The van der Waals surface area contributed by atoms with Crippen molar-refractivity contribution in [3.8, 4) is 0 Å². The molecule has 3 aromatic carbocycles. The van der Waals surface area contributed by atoms with Crippen molar-refractivity contribution in [2.75, 3.05) is 11.5 Å². The zero-order chi connectivity index (χ0) is 17.1. The number of nitrogens with two attached hydrogens (primary N) is 2. The molecule has 4 heteroatoms. The fraction of sp³-hybridized carbons (Fsp3) is 0.100. The quantitative estimate of drug-likeness (QED) is 0.556. The molecule has 3 aromatic rings. The molecular weight excluding hydrogens is 300 g/mol. The monoisotopic (exact) mass is 320 g/mol. The van der Waals surface area contributed by atoms with Gasteiger partial charge >= 0.3 is 0 Å². The number of hydrogen-bond donors (Lipinski definition) is 4. The highest BCUT2D eigenvalue weighted by atomic mass is 16.3. The fourth-order valence-electron chi connectivity index (χ4n) is 2.72. The van der Waals surface area contributed by atoms with Gasteiger partial charge in [0.1, 0.15) is 12.2 Å².